The quantitative estimate of drug-likeness (QED) is 0.389. The van der Waals surface area contributed by atoms with Crippen LogP contribution in [0.3, 0.4) is 0 Å². The highest BCUT2D eigenvalue weighted by atomic mass is 79.9. The van der Waals surface area contributed by atoms with Gasteiger partial charge in [0, 0.05) is 60.6 Å². The number of likely N-dealkylation sites (N-methyl/N-ethyl adjacent to an activating group) is 1. The third-order valence-corrected chi connectivity index (χ3v) is 8.23. The highest BCUT2D eigenvalue weighted by Gasteiger charge is 2.25. The van der Waals surface area contributed by atoms with E-state index in [1.165, 1.54) is 13.1 Å². The highest BCUT2D eigenvalue weighted by Crippen LogP contribution is 2.37. The fourth-order valence-electron chi connectivity index (χ4n) is 4.32. The number of aromatic nitrogens is 2. The van der Waals surface area contributed by atoms with E-state index in [-0.39, 0.29) is 5.91 Å². The number of carbonyl (C=O) groups excluding carboxylic acids is 1. The van der Waals surface area contributed by atoms with E-state index < -0.39 is 0 Å². The summed E-state index contributed by atoms with van der Waals surface area (Å²) >= 11 is 5.27. The van der Waals surface area contributed by atoms with Gasteiger partial charge in [-0.2, -0.15) is 0 Å². The van der Waals surface area contributed by atoms with E-state index in [9.17, 15) is 4.79 Å². The molecule has 1 saturated heterocycles. The van der Waals surface area contributed by atoms with Gasteiger partial charge < -0.3 is 20.4 Å². The van der Waals surface area contributed by atoms with Gasteiger partial charge in [0.05, 0.1) is 9.35 Å². The number of halogens is 1. The van der Waals surface area contributed by atoms with Gasteiger partial charge in [-0.25, -0.2) is 9.97 Å². The van der Waals surface area contributed by atoms with Crippen LogP contribution in [0.15, 0.2) is 34.9 Å². The minimum atomic E-state index is 0.0117. The second-order valence-corrected chi connectivity index (χ2v) is 11.0. The summed E-state index contributed by atoms with van der Waals surface area (Å²) in [5, 5.41) is 7.47. The van der Waals surface area contributed by atoms with Gasteiger partial charge in [-0.15, -0.1) is 11.3 Å². The normalized spacial score (nSPS) is 17.2. The van der Waals surface area contributed by atoms with Crippen molar-refractivity contribution in [1.82, 2.24) is 25.1 Å². The van der Waals surface area contributed by atoms with Crippen molar-refractivity contribution < 1.29 is 4.79 Å². The van der Waals surface area contributed by atoms with Gasteiger partial charge in [0.25, 0.3) is 5.91 Å². The number of hydrogen-bond acceptors (Lipinski definition) is 7. The highest BCUT2D eigenvalue weighted by molar-refractivity contribution is 9.10. The standard InChI is InChI=1S/C25H31BrN6OS/c1-2-31-11-13-32(14-12-31)10-4-9-27-25-28-16-20(26)23(30-25)22-15-19-18(5-3-6-21(19)34-22)24(33)29-17-7-8-17/h3,5-6,15-17H,2,4,7-14H2,1H3,(H,29,33)(H,27,28,30). The van der Waals surface area contributed by atoms with Crippen molar-refractivity contribution >= 4 is 49.2 Å². The van der Waals surface area contributed by atoms with Gasteiger partial charge >= 0.3 is 0 Å². The third kappa shape index (κ3) is 5.59. The fourth-order valence-corrected chi connectivity index (χ4v) is 5.95. The maximum atomic E-state index is 12.7. The Hall–Kier alpha value is -2.07. The van der Waals surface area contributed by atoms with Crippen LogP contribution in [0.1, 0.15) is 36.5 Å². The van der Waals surface area contributed by atoms with Crippen LogP contribution in [0.2, 0.25) is 0 Å². The molecule has 3 aromatic rings. The third-order valence-electron chi connectivity index (χ3n) is 6.54. The first-order valence-corrected chi connectivity index (χ1v) is 13.8. The zero-order valence-electron chi connectivity index (χ0n) is 19.5. The molecule has 0 spiro atoms. The molecule has 3 heterocycles. The zero-order chi connectivity index (χ0) is 23.5. The Morgan fingerprint density at radius 3 is 2.76 bits per heavy atom. The molecule has 180 valence electrons. The molecule has 9 heteroatoms. The van der Waals surface area contributed by atoms with E-state index >= 15 is 0 Å². The van der Waals surface area contributed by atoms with E-state index in [0.717, 1.165) is 82.7 Å². The molecule has 0 unspecified atom stereocenters. The van der Waals surface area contributed by atoms with Crippen LogP contribution in [-0.4, -0.2) is 77.5 Å². The number of nitrogens with one attached hydrogen (secondary N) is 2. The molecular formula is C25H31BrN6OS. The van der Waals surface area contributed by atoms with E-state index in [1.54, 1.807) is 17.5 Å². The molecular weight excluding hydrogens is 512 g/mol. The van der Waals surface area contributed by atoms with Gasteiger partial charge in [-0.1, -0.05) is 13.0 Å². The summed E-state index contributed by atoms with van der Waals surface area (Å²) < 4.78 is 1.93. The maximum absolute atomic E-state index is 12.7. The lowest BCUT2D eigenvalue weighted by molar-refractivity contribution is 0.0953. The van der Waals surface area contributed by atoms with Crippen LogP contribution < -0.4 is 10.6 Å². The Morgan fingerprint density at radius 2 is 2.00 bits per heavy atom. The number of nitrogens with zero attached hydrogens (tertiary/aromatic N) is 4. The van der Waals surface area contributed by atoms with Crippen molar-refractivity contribution in [2.24, 2.45) is 0 Å². The zero-order valence-corrected chi connectivity index (χ0v) is 21.9. The van der Waals surface area contributed by atoms with Crippen LogP contribution in [0, 0.1) is 0 Å². The number of thiophene rings is 1. The first kappa shape index (κ1) is 23.7. The molecule has 2 aromatic heterocycles. The summed E-state index contributed by atoms with van der Waals surface area (Å²) in [5.74, 6) is 0.649. The van der Waals surface area contributed by atoms with Crippen molar-refractivity contribution in [3.8, 4) is 10.6 Å². The molecule has 1 saturated carbocycles. The Bertz CT molecular complexity index is 1160. The van der Waals surface area contributed by atoms with Crippen molar-refractivity contribution in [3.63, 3.8) is 0 Å². The number of rotatable bonds is 9. The molecule has 1 aromatic carbocycles. The summed E-state index contributed by atoms with van der Waals surface area (Å²) in [6.07, 6.45) is 5.02. The summed E-state index contributed by atoms with van der Waals surface area (Å²) in [4.78, 5) is 28.0. The predicted octanol–water partition coefficient (Wildman–Crippen LogP) is 4.45. The van der Waals surface area contributed by atoms with Crippen LogP contribution in [-0.2, 0) is 0 Å². The van der Waals surface area contributed by atoms with Gasteiger partial charge in [0.15, 0.2) is 0 Å². The SMILES string of the molecule is CCN1CCN(CCCNc2ncc(Br)c(-c3cc4c(C(=O)NC5CC5)cccc4s3)n2)CC1. The number of hydrogen-bond donors (Lipinski definition) is 2. The summed E-state index contributed by atoms with van der Waals surface area (Å²) in [6.45, 7) is 9.95. The van der Waals surface area contributed by atoms with Crippen LogP contribution in [0.4, 0.5) is 5.95 Å². The van der Waals surface area contributed by atoms with Crippen LogP contribution in [0.25, 0.3) is 20.7 Å². The summed E-state index contributed by atoms with van der Waals surface area (Å²) in [6, 6.07) is 8.34. The number of anilines is 1. The van der Waals surface area contributed by atoms with Crippen LogP contribution >= 0.6 is 27.3 Å². The lowest BCUT2D eigenvalue weighted by atomic mass is 10.1. The molecule has 1 aliphatic heterocycles. The van der Waals surface area contributed by atoms with E-state index in [0.29, 0.717) is 12.0 Å². The topological polar surface area (TPSA) is 73.4 Å². The first-order valence-electron chi connectivity index (χ1n) is 12.2. The average Bonchev–Trinajstić information content (AvgIpc) is 3.56. The monoisotopic (exact) mass is 542 g/mol. The van der Waals surface area contributed by atoms with Gasteiger partial charge in [0.1, 0.15) is 5.69 Å². The first-order chi connectivity index (χ1) is 16.6. The lowest BCUT2D eigenvalue weighted by Gasteiger charge is -2.33. The summed E-state index contributed by atoms with van der Waals surface area (Å²) in [7, 11) is 0. The number of carbonyl (C=O) groups is 1. The van der Waals surface area contributed by atoms with Gasteiger partial charge in [-0.3, -0.25) is 4.79 Å². The molecule has 5 rings (SSSR count). The second kappa shape index (κ2) is 10.7. The Kier molecular flexibility index (Phi) is 7.43. The Labute approximate surface area is 213 Å². The number of fused-ring (bicyclic) bond motifs is 1. The lowest BCUT2D eigenvalue weighted by Crippen LogP contribution is -2.46. The van der Waals surface area contributed by atoms with Crippen molar-refractivity contribution in [2.75, 3.05) is 51.1 Å². The van der Waals surface area contributed by atoms with Gasteiger partial charge in [0.2, 0.25) is 5.95 Å². The van der Waals surface area contributed by atoms with Crippen LogP contribution in [0.5, 0.6) is 0 Å². The molecule has 0 radical (unpaired) electrons. The summed E-state index contributed by atoms with van der Waals surface area (Å²) in [5.41, 5.74) is 1.58. The van der Waals surface area contributed by atoms with E-state index in [2.05, 4.69) is 60.4 Å². The molecule has 1 aliphatic carbocycles. The van der Waals surface area contributed by atoms with Crippen molar-refractivity contribution in [2.45, 2.75) is 32.2 Å². The Balaban J connectivity index is 1.24. The molecule has 7 nitrogen and oxygen atoms in total. The predicted molar refractivity (Wildman–Crippen MR) is 143 cm³/mol. The molecule has 2 N–H and O–H groups in total. The van der Waals surface area contributed by atoms with Gasteiger partial charge in [-0.05, 0) is 66.5 Å². The number of benzene rings is 1. The molecule has 2 fully saturated rings. The largest absolute Gasteiger partial charge is 0.354 e. The second-order valence-electron chi connectivity index (χ2n) is 9.02. The fraction of sp³-hybridized carbons (Fsp3) is 0.480. The minimum Gasteiger partial charge on any atom is -0.354 e. The molecule has 0 bridgehead atoms. The van der Waals surface area contributed by atoms with Crippen molar-refractivity contribution in [1.29, 1.82) is 0 Å². The number of amides is 1. The van der Waals surface area contributed by atoms with E-state index in [4.69, 9.17) is 4.98 Å². The molecule has 2 aliphatic rings. The average molecular weight is 544 g/mol. The maximum Gasteiger partial charge on any atom is 0.252 e. The van der Waals surface area contributed by atoms with Crippen molar-refractivity contribution in [3.05, 3.63) is 40.5 Å². The molecule has 1 amide bonds. The van der Waals surface area contributed by atoms with E-state index in [1.807, 2.05) is 12.1 Å². The minimum absolute atomic E-state index is 0.0117. The molecule has 0 atom stereocenters. The number of piperazine rings is 1. The smallest absolute Gasteiger partial charge is 0.252 e. The molecule has 34 heavy (non-hydrogen) atoms. The Morgan fingerprint density at radius 1 is 1.21 bits per heavy atom.